The molecule has 0 N–H and O–H groups in total. The van der Waals surface area contributed by atoms with Crippen LogP contribution in [0.2, 0.25) is 5.02 Å². The van der Waals surface area contributed by atoms with Gasteiger partial charge in [-0.05, 0) is 56.2 Å². The van der Waals surface area contributed by atoms with E-state index in [0.717, 1.165) is 37.2 Å². The molecule has 5 rings (SSSR count). The molecule has 2 aliphatic rings. The summed E-state index contributed by atoms with van der Waals surface area (Å²) >= 11 is 5.95. The largest absolute Gasteiger partial charge is 0.439 e. The molecule has 1 fully saturated rings. The van der Waals surface area contributed by atoms with Crippen molar-refractivity contribution in [2.24, 2.45) is 0 Å². The van der Waals surface area contributed by atoms with Crippen LogP contribution in [0.15, 0.2) is 53.4 Å². The first-order valence-corrected chi connectivity index (χ1v) is 12.9. The van der Waals surface area contributed by atoms with Gasteiger partial charge in [0.15, 0.2) is 0 Å². The van der Waals surface area contributed by atoms with E-state index in [1.807, 2.05) is 31.2 Å². The van der Waals surface area contributed by atoms with Gasteiger partial charge in [0, 0.05) is 37.6 Å². The highest BCUT2D eigenvalue weighted by Gasteiger charge is 2.32. The van der Waals surface area contributed by atoms with Gasteiger partial charge in [-0.15, -0.1) is 0 Å². The fraction of sp³-hybridized carbons (Fsp3) is 0.333. The number of rotatable bonds is 5. The number of hydrogen-bond acceptors (Lipinski definition) is 6. The van der Waals surface area contributed by atoms with Crippen LogP contribution in [0.5, 0.6) is 11.6 Å². The summed E-state index contributed by atoms with van der Waals surface area (Å²) < 4.78 is 34.2. The Balaban J connectivity index is 1.51. The number of halogens is 1. The van der Waals surface area contributed by atoms with Gasteiger partial charge in [-0.25, -0.2) is 13.4 Å². The Kier molecular flexibility index (Phi) is 5.99. The van der Waals surface area contributed by atoms with Crippen molar-refractivity contribution in [3.8, 4) is 11.6 Å². The van der Waals surface area contributed by atoms with E-state index >= 15 is 0 Å². The molecule has 0 aliphatic carbocycles. The lowest BCUT2D eigenvalue weighted by Crippen LogP contribution is -2.37. The van der Waals surface area contributed by atoms with E-state index in [1.54, 1.807) is 12.1 Å². The molecular weight excluding hydrogens is 460 g/mol. The lowest BCUT2D eigenvalue weighted by Gasteiger charge is -2.29. The quantitative estimate of drug-likeness (QED) is 0.527. The van der Waals surface area contributed by atoms with Crippen LogP contribution in [0.25, 0.3) is 0 Å². The third kappa shape index (κ3) is 4.55. The van der Waals surface area contributed by atoms with E-state index in [0.29, 0.717) is 41.1 Å². The fourth-order valence-electron chi connectivity index (χ4n) is 4.17. The van der Waals surface area contributed by atoms with E-state index in [2.05, 4.69) is 4.90 Å². The van der Waals surface area contributed by atoms with Crippen LogP contribution in [0.4, 0.5) is 5.95 Å². The molecule has 0 amide bonds. The number of fused-ring (bicyclic) bond motifs is 1. The number of aryl methyl sites for hydroxylation is 1. The number of benzene rings is 2. The number of nitrogens with zero attached hydrogens (tertiary/aromatic N) is 4. The lowest BCUT2D eigenvalue weighted by atomic mass is 10.1. The maximum atomic E-state index is 13.3. The second-order valence-corrected chi connectivity index (χ2v) is 10.8. The highest BCUT2D eigenvalue weighted by atomic mass is 35.5. The van der Waals surface area contributed by atoms with Crippen molar-refractivity contribution in [3.63, 3.8) is 0 Å². The van der Waals surface area contributed by atoms with Crippen LogP contribution >= 0.6 is 11.6 Å². The van der Waals surface area contributed by atoms with Crippen molar-refractivity contribution in [2.75, 3.05) is 24.5 Å². The Bertz CT molecular complexity index is 1260. The zero-order chi connectivity index (χ0) is 23.0. The molecule has 0 atom stereocenters. The van der Waals surface area contributed by atoms with E-state index in [9.17, 15) is 8.42 Å². The molecular formula is C24H25ClN4O3S. The number of sulfonamides is 1. The molecule has 0 bridgehead atoms. The summed E-state index contributed by atoms with van der Waals surface area (Å²) in [6, 6.07) is 14.0. The normalized spacial score (nSPS) is 16.6. The summed E-state index contributed by atoms with van der Waals surface area (Å²) in [6.45, 7) is 4.35. The molecule has 2 aliphatic heterocycles. The van der Waals surface area contributed by atoms with E-state index in [4.69, 9.17) is 26.3 Å². The molecule has 2 aromatic carbocycles. The van der Waals surface area contributed by atoms with Crippen molar-refractivity contribution >= 4 is 27.6 Å². The predicted octanol–water partition coefficient (Wildman–Crippen LogP) is 4.58. The van der Waals surface area contributed by atoms with Crippen LogP contribution in [-0.2, 0) is 23.0 Å². The van der Waals surface area contributed by atoms with Crippen molar-refractivity contribution in [2.45, 2.75) is 37.6 Å². The average Bonchev–Trinajstić information content (AvgIpc) is 3.35. The van der Waals surface area contributed by atoms with Gasteiger partial charge in [-0.2, -0.15) is 9.29 Å². The van der Waals surface area contributed by atoms with Gasteiger partial charge in [0.1, 0.15) is 5.75 Å². The van der Waals surface area contributed by atoms with Crippen LogP contribution in [0.3, 0.4) is 0 Å². The molecule has 0 spiro atoms. The summed E-state index contributed by atoms with van der Waals surface area (Å²) in [6.07, 6.45) is 2.72. The molecule has 3 aromatic rings. The second-order valence-electron chi connectivity index (χ2n) is 8.41. The Morgan fingerprint density at radius 2 is 1.64 bits per heavy atom. The molecule has 1 saturated heterocycles. The Labute approximate surface area is 199 Å². The summed E-state index contributed by atoms with van der Waals surface area (Å²) in [5.74, 6) is 1.73. The number of aromatic nitrogens is 2. The maximum Gasteiger partial charge on any atom is 0.243 e. The van der Waals surface area contributed by atoms with Gasteiger partial charge in [0.05, 0.1) is 16.2 Å². The first-order valence-electron chi connectivity index (χ1n) is 11.1. The van der Waals surface area contributed by atoms with Crippen LogP contribution < -0.4 is 9.64 Å². The highest BCUT2D eigenvalue weighted by Crippen LogP contribution is 2.34. The molecule has 0 radical (unpaired) electrons. The fourth-order valence-corrected chi connectivity index (χ4v) is 5.70. The van der Waals surface area contributed by atoms with E-state index in [-0.39, 0.29) is 11.4 Å². The van der Waals surface area contributed by atoms with Crippen LogP contribution in [0, 0.1) is 6.92 Å². The topological polar surface area (TPSA) is 75.6 Å². The summed E-state index contributed by atoms with van der Waals surface area (Å²) in [4.78, 5) is 11.9. The zero-order valence-corrected chi connectivity index (χ0v) is 19.9. The predicted molar refractivity (Wildman–Crippen MR) is 127 cm³/mol. The highest BCUT2D eigenvalue weighted by molar-refractivity contribution is 7.89. The van der Waals surface area contributed by atoms with E-state index < -0.39 is 10.0 Å². The van der Waals surface area contributed by atoms with Crippen molar-refractivity contribution in [1.82, 2.24) is 14.3 Å². The van der Waals surface area contributed by atoms with Gasteiger partial charge < -0.3 is 9.64 Å². The van der Waals surface area contributed by atoms with Crippen molar-refractivity contribution < 1.29 is 13.2 Å². The first kappa shape index (κ1) is 22.1. The molecule has 0 unspecified atom stereocenters. The number of anilines is 1. The van der Waals surface area contributed by atoms with Gasteiger partial charge in [0.2, 0.25) is 21.9 Å². The minimum Gasteiger partial charge on any atom is -0.439 e. The Morgan fingerprint density at radius 1 is 0.939 bits per heavy atom. The number of hydrogen-bond donors (Lipinski definition) is 0. The third-order valence-electron chi connectivity index (χ3n) is 6.05. The second kappa shape index (κ2) is 8.93. The summed E-state index contributed by atoms with van der Waals surface area (Å²) in [5, 5.41) is 0.495. The van der Waals surface area contributed by atoms with Crippen molar-refractivity contribution in [3.05, 3.63) is 70.4 Å². The minimum atomic E-state index is -3.69. The lowest BCUT2D eigenvalue weighted by molar-refractivity contribution is 0.369. The number of ether oxygens (including phenoxy) is 1. The standard InChI is InChI=1S/C24H25ClN4O3S/c1-17-4-8-19(9-5-17)32-23-21-16-29(33(30,31)20-10-6-18(25)7-11-20)15-12-22(21)26-24(27-23)28-13-2-3-14-28/h4-11H,2-3,12-16H2,1H3. The average molecular weight is 485 g/mol. The molecule has 7 nitrogen and oxygen atoms in total. The first-order chi connectivity index (χ1) is 15.9. The minimum absolute atomic E-state index is 0.155. The van der Waals surface area contributed by atoms with Crippen LogP contribution in [-0.4, -0.2) is 42.3 Å². The zero-order valence-electron chi connectivity index (χ0n) is 18.4. The molecule has 172 valence electrons. The van der Waals surface area contributed by atoms with Gasteiger partial charge in [0.25, 0.3) is 0 Å². The smallest absolute Gasteiger partial charge is 0.243 e. The molecule has 9 heteroatoms. The molecule has 1 aromatic heterocycles. The summed E-state index contributed by atoms with van der Waals surface area (Å²) in [7, 11) is -3.69. The third-order valence-corrected chi connectivity index (χ3v) is 8.16. The Hall–Kier alpha value is -2.68. The molecule has 3 heterocycles. The van der Waals surface area contributed by atoms with Crippen molar-refractivity contribution in [1.29, 1.82) is 0 Å². The molecule has 33 heavy (non-hydrogen) atoms. The van der Waals surface area contributed by atoms with Crippen LogP contribution in [0.1, 0.15) is 29.7 Å². The molecule has 0 saturated carbocycles. The monoisotopic (exact) mass is 484 g/mol. The van der Waals surface area contributed by atoms with Gasteiger partial charge >= 0.3 is 0 Å². The van der Waals surface area contributed by atoms with Gasteiger partial charge in [-0.1, -0.05) is 29.3 Å². The Morgan fingerprint density at radius 3 is 2.33 bits per heavy atom. The van der Waals surface area contributed by atoms with Gasteiger partial charge in [-0.3, -0.25) is 0 Å². The SMILES string of the molecule is Cc1ccc(Oc2nc(N3CCCC3)nc3c2CN(S(=O)(=O)c2ccc(Cl)cc2)CC3)cc1. The summed E-state index contributed by atoms with van der Waals surface area (Å²) in [5.41, 5.74) is 2.68. The van der Waals surface area contributed by atoms with E-state index in [1.165, 1.54) is 16.4 Å². The maximum absolute atomic E-state index is 13.3.